The Morgan fingerprint density at radius 3 is 2.67 bits per heavy atom. The van der Waals surface area contributed by atoms with Crippen LogP contribution in [0.15, 0.2) is 59.6 Å². The van der Waals surface area contributed by atoms with E-state index in [0.717, 1.165) is 0 Å². The zero-order valence-corrected chi connectivity index (χ0v) is 10.5. The van der Waals surface area contributed by atoms with Gasteiger partial charge in [0.15, 0.2) is 0 Å². The van der Waals surface area contributed by atoms with E-state index in [-0.39, 0.29) is 0 Å². The number of benzene rings is 3. The Bertz CT molecular complexity index is 790. The van der Waals surface area contributed by atoms with Crippen molar-refractivity contribution in [2.24, 2.45) is 0 Å². The van der Waals surface area contributed by atoms with Crippen molar-refractivity contribution in [3.63, 3.8) is 0 Å². The number of nitrogens with one attached hydrogen (secondary N) is 1. The van der Waals surface area contributed by atoms with E-state index >= 15 is 0 Å². The zero-order valence-electron chi connectivity index (χ0n) is 9.68. The standard InChI is InChI=1S/C16H11NS/c1-2-4-13-11(3-1)5-6-12-7-8-15-14(16(12)13)9-10-17-18-15/h1-10,17H. The van der Waals surface area contributed by atoms with E-state index in [1.54, 1.807) is 11.9 Å². The average molecular weight is 249 g/mol. The Hall–Kier alpha value is -1.93. The summed E-state index contributed by atoms with van der Waals surface area (Å²) in [5.74, 6) is 0. The second-order valence-electron chi connectivity index (χ2n) is 4.42. The normalized spacial score (nSPS) is 13.6. The van der Waals surface area contributed by atoms with E-state index in [4.69, 9.17) is 0 Å². The fourth-order valence-electron chi connectivity index (χ4n) is 2.58. The highest BCUT2D eigenvalue weighted by Crippen LogP contribution is 2.35. The van der Waals surface area contributed by atoms with E-state index in [0.29, 0.717) is 0 Å². The maximum atomic E-state index is 3.19. The highest BCUT2D eigenvalue weighted by Gasteiger charge is 2.11. The Morgan fingerprint density at radius 1 is 0.833 bits per heavy atom. The molecule has 0 saturated heterocycles. The highest BCUT2D eigenvalue weighted by atomic mass is 32.2. The summed E-state index contributed by atoms with van der Waals surface area (Å²) in [5.41, 5.74) is 1.33. The molecule has 1 nitrogen and oxygen atoms in total. The van der Waals surface area contributed by atoms with Crippen LogP contribution in [0.25, 0.3) is 27.6 Å². The van der Waals surface area contributed by atoms with E-state index in [9.17, 15) is 0 Å². The summed E-state index contributed by atoms with van der Waals surface area (Å²) in [6, 6.07) is 17.4. The third kappa shape index (κ3) is 1.36. The van der Waals surface area contributed by atoms with Gasteiger partial charge >= 0.3 is 0 Å². The molecule has 2 heteroatoms. The average Bonchev–Trinajstić information content (AvgIpc) is 2.46. The molecule has 0 aromatic heterocycles. The first-order valence-corrected chi connectivity index (χ1v) is 6.78. The maximum absolute atomic E-state index is 3.19. The number of hydrogen-bond acceptors (Lipinski definition) is 2. The molecule has 1 N–H and O–H groups in total. The molecule has 0 aliphatic carbocycles. The summed E-state index contributed by atoms with van der Waals surface area (Å²) in [6.45, 7) is 0. The summed E-state index contributed by atoms with van der Waals surface area (Å²) in [7, 11) is 0. The van der Waals surface area contributed by atoms with Gasteiger partial charge in [-0.1, -0.05) is 42.5 Å². The van der Waals surface area contributed by atoms with Crippen molar-refractivity contribution in [1.82, 2.24) is 4.72 Å². The van der Waals surface area contributed by atoms with Crippen LogP contribution in [0.1, 0.15) is 5.56 Å². The zero-order chi connectivity index (χ0) is 11.9. The molecule has 86 valence electrons. The summed E-state index contributed by atoms with van der Waals surface area (Å²) >= 11 is 1.68. The fraction of sp³-hybridized carbons (Fsp3) is 0. The molecule has 3 aromatic rings. The van der Waals surface area contributed by atoms with Crippen LogP contribution in [-0.2, 0) is 0 Å². The SMILES string of the molecule is C1=Cc2c(ccc3ccc4ccccc4c23)SN1. The third-order valence-electron chi connectivity index (χ3n) is 3.40. The minimum atomic E-state index is 1.29. The van der Waals surface area contributed by atoms with Gasteiger partial charge in [-0.2, -0.15) is 0 Å². The van der Waals surface area contributed by atoms with Crippen molar-refractivity contribution in [2.75, 3.05) is 0 Å². The maximum Gasteiger partial charge on any atom is 0.0364 e. The van der Waals surface area contributed by atoms with Crippen LogP contribution in [-0.4, -0.2) is 0 Å². The molecule has 0 saturated carbocycles. The molecule has 0 fully saturated rings. The smallest absolute Gasteiger partial charge is 0.0364 e. The Morgan fingerprint density at radius 2 is 1.67 bits per heavy atom. The van der Waals surface area contributed by atoms with Gasteiger partial charge in [0.05, 0.1) is 0 Å². The molecular formula is C16H11NS. The van der Waals surface area contributed by atoms with Crippen molar-refractivity contribution in [1.29, 1.82) is 0 Å². The van der Waals surface area contributed by atoms with Gasteiger partial charge in [0.1, 0.15) is 0 Å². The van der Waals surface area contributed by atoms with Gasteiger partial charge in [0.25, 0.3) is 0 Å². The van der Waals surface area contributed by atoms with Gasteiger partial charge < -0.3 is 4.72 Å². The van der Waals surface area contributed by atoms with Crippen molar-refractivity contribution in [3.05, 3.63) is 60.3 Å². The molecule has 0 amide bonds. The first kappa shape index (κ1) is 10.0. The van der Waals surface area contributed by atoms with Gasteiger partial charge in [-0.3, -0.25) is 0 Å². The monoisotopic (exact) mass is 249 g/mol. The van der Waals surface area contributed by atoms with Crippen LogP contribution in [0.5, 0.6) is 0 Å². The molecule has 1 aliphatic rings. The van der Waals surface area contributed by atoms with Gasteiger partial charge in [-0.15, -0.1) is 0 Å². The van der Waals surface area contributed by atoms with Crippen LogP contribution < -0.4 is 4.72 Å². The molecule has 1 aliphatic heterocycles. The van der Waals surface area contributed by atoms with Gasteiger partial charge in [0.2, 0.25) is 0 Å². The molecule has 0 spiro atoms. The van der Waals surface area contributed by atoms with Crippen LogP contribution in [0, 0.1) is 0 Å². The number of rotatable bonds is 0. The first-order valence-electron chi connectivity index (χ1n) is 5.97. The molecule has 1 heterocycles. The molecule has 3 aromatic carbocycles. The van der Waals surface area contributed by atoms with Crippen LogP contribution in [0.4, 0.5) is 0 Å². The van der Waals surface area contributed by atoms with E-state index in [2.05, 4.69) is 59.3 Å². The first-order chi connectivity index (χ1) is 8.93. The molecule has 0 atom stereocenters. The summed E-state index contributed by atoms with van der Waals surface area (Å²) in [4.78, 5) is 1.29. The lowest BCUT2D eigenvalue weighted by atomic mass is 9.97. The van der Waals surface area contributed by atoms with Gasteiger partial charge in [-0.05, 0) is 51.2 Å². The molecule has 0 bridgehead atoms. The summed E-state index contributed by atoms with van der Waals surface area (Å²) in [5, 5.41) is 5.30. The molecule has 18 heavy (non-hydrogen) atoms. The molecule has 4 rings (SSSR count). The van der Waals surface area contributed by atoms with E-state index in [1.165, 1.54) is 32.0 Å². The Kier molecular flexibility index (Phi) is 2.11. The lowest BCUT2D eigenvalue weighted by Gasteiger charge is -2.15. The third-order valence-corrected chi connectivity index (χ3v) is 4.23. The van der Waals surface area contributed by atoms with Gasteiger partial charge in [-0.25, -0.2) is 0 Å². The number of fused-ring (bicyclic) bond motifs is 5. The van der Waals surface area contributed by atoms with Crippen molar-refractivity contribution >= 4 is 39.6 Å². The topological polar surface area (TPSA) is 12.0 Å². The van der Waals surface area contributed by atoms with Gasteiger partial charge in [0, 0.05) is 11.1 Å². The molecule has 0 unspecified atom stereocenters. The minimum absolute atomic E-state index is 1.29. The predicted octanol–water partition coefficient (Wildman–Crippen LogP) is 4.57. The Labute approximate surface area is 110 Å². The predicted molar refractivity (Wildman–Crippen MR) is 79.5 cm³/mol. The second-order valence-corrected chi connectivity index (χ2v) is 5.30. The Balaban J connectivity index is 2.26. The highest BCUT2D eigenvalue weighted by molar-refractivity contribution is 7.97. The molecule has 0 radical (unpaired) electrons. The quantitative estimate of drug-likeness (QED) is 0.462. The van der Waals surface area contributed by atoms with Crippen molar-refractivity contribution in [3.8, 4) is 0 Å². The second kappa shape index (κ2) is 3.79. The summed E-state index contributed by atoms with van der Waals surface area (Å²) in [6.07, 6.45) is 4.18. The van der Waals surface area contributed by atoms with Crippen LogP contribution in [0.3, 0.4) is 0 Å². The largest absolute Gasteiger partial charge is 0.332 e. The lowest BCUT2D eigenvalue weighted by molar-refractivity contribution is 1.34. The molecular weight excluding hydrogens is 238 g/mol. The van der Waals surface area contributed by atoms with E-state index in [1.807, 2.05) is 6.20 Å². The van der Waals surface area contributed by atoms with Crippen molar-refractivity contribution in [2.45, 2.75) is 4.90 Å². The minimum Gasteiger partial charge on any atom is -0.332 e. The fourth-order valence-corrected chi connectivity index (χ4v) is 3.25. The van der Waals surface area contributed by atoms with Crippen LogP contribution >= 0.6 is 11.9 Å². The van der Waals surface area contributed by atoms with E-state index < -0.39 is 0 Å². The van der Waals surface area contributed by atoms with Crippen LogP contribution in [0.2, 0.25) is 0 Å². The lowest BCUT2D eigenvalue weighted by Crippen LogP contribution is -1.98. The van der Waals surface area contributed by atoms with Crippen molar-refractivity contribution < 1.29 is 0 Å². The summed E-state index contributed by atoms with van der Waals surface area (Å²) < 4.78 is 3.19. The number of hydrogen-bond donors (Lipinski definition) is 1.